The molecule has 1 amide bonds. The van der Waals surface area contributed by atoms with Crippen LogP contribution < -0.4 is 4.74 Å². The van der Waals surface area contributed by atoms with Crippen molar-refractivity contribution in [3.63, 3.8) is 0 Å². The van der Waals surface area contributed by atoms with Gasteiger partial charge in [-0.15, -0.1) is 0 Å². The molecule has 0 bridgehead atoms. The number of halogens is 1. The first-order valence-electron chi connectivity index (χ1n) is 11.2. The van der Waals surface area contributed by atoms with Crippen LogP contribution in [0, 0.1) is 0 Å². The number of piperidine rings is 1. The van der Waals surface area contributed by atoms with Gasteiger partial charge in [-0.05, 0) is 74.9 Å². The fraction of sp³-hybridized carbons (Fsp3) is 0.500. The number of amides is 1. The normalized spacial score (nSPS) is 19.0. The summed E-state index contributed by atoms with van der Waals surface area (Å²) in [5, 5.41) is 0. The van der Waals surface area contributed by atoms with E-state index in [1.807, 2.05) is 49.9 Å². The summed E-state index contributed by atoms with van der Waals surface area (Å²) in [5.41, 5.74) is 1.89. The van der Waals surface area contributed by atoms with Gasteiger partial charge in [-0.2, -0.15) is 0 Å². The smallest absolute Gasteiger partial charge is 0.410 e. The van der Waals surface area contributed by atoms with Crippen LogP contribution in [0.15, 0.2) is 53.0 Å². The third-order valence-corrected chi connectivity index (χ3v) is 6.13. The largest absolute Gasteiger partial charge is 0.494 e. The molecule has 174 valence electrons. The number of hydrogen-bond donors (Lipinski definition) is 0. The molecule has 2 aromatic rings. The second kappa shape index (κ2) is 11.2. The van der Waals surface area contributed by atoms with Crippen LogP contribution in [0.3, 0.4) is 0 Å². The van der Waals surface area contributed by atoms with Crippen molar-refractivity contribution < 1.29 is 19.0 Å². The van der Waals surface area contributed by atoms with Gasteiger partial charge >= 0.3 is 6.09 Å². The van der Waals surface area contributed by atoms with Gasteiger partial charge in [-0.1, -0.05) is 40.2 Å². The Balaban J connectivity index is 1.73. The van der Waals surface area contributed by atoms with E-state index in [1.54, 1.807) is 7.11 Å². The van der Waals surface area contributed by atoms with Crippen molar-refractivity contribution in [2.45, 2.75) is 57.6 Å². The second-order valence-electron chi connectivity index (χ2n) is 9.23. The van der Waals surface area contributed by atoms with Crippen LogP contribution in [0.5, 0.6) is 5.75 Å². The van der Waals surface area contributed by atoms with E-state index in [4.69, 9.17) is 14.2 Å². The van der Waals surface area contributed by atoms with Gasteiger partial charge in [0, 0.05) is 31.2 Å². The van der Waals surface area contributed by atoms with Gasteiger partial charge in [0.25, 0.3) is 0 Å². The van der Waals surface area contributed by atoms with Crippen LogP contribution in [-0.2, 0) is 9.47 Å². The van der Waals surface area contributed by atoms with Gasteiger partial charge in [0.1, 0.15) is 11.4 Å². The van der Waals surface area contributed by atoms with E-state index in [9.17, 15) is 4.79 Å². The van der Waals surface area contributed by atoms with E-state index in [0.717, 1.165) is 35.0 Å². The summed E-state index contributed by atoms with van der Waals surface area (Å²) >= 11 is 3.51. The molecule has 1 fully saturated rings. The monoisotopic (exact) mass is 503 g/mol. The molecule has 2 unspecified atom stereocenters. The van der Waals surface area contributed by atoms with Crippen LogP contribution >= 0.6 is 15.9 Å². The Morgan fingerprint density at radius 3 is 2.31 bits per heavy atom. The lowest BCUT2D eigenvalue weighted by Gasteiger charge is -2.40. The molecule has 6 heteroatoms. The molecule has 0 spiro atoms. The molecule has 1 saturated heterocycles. The van der Waals surface area contributed by atoms with E-state index >= 15 is 0 Å². The minimum Gasteiger partial charge on any atom is -0.494 e. The molecule has 3 rings (SSSR count). The average molecular weight is 504 g/mol. The van der Waals surface area contributed by atoms with Gasteiger partial charge in [0.05, 0.1) is 12.6 Å². The van der Waals surface area contributed by atoms with Crippen molar-refractivity contribution in [3.05, 3.63) is 64.1 Å². The maximum absolute atomic E-state index is 13.0. The van der Waals surface area contributed by atoms with E-state index < -0.39 is 5.60 Å². The fourth-order valence-electron chi connectivity index (χ4n) is 4.04. The highest BCUT2D eigenvalue weighted by Crippen LogP contribution is 2.40. The average Bonchev–Trinajstić information content (AvgIpc) is 2.76. The molecule has 0 radical (unpaired) electrons. The Morgan fingerprint density at radius 1 is 1.03 bits per heavy atom. The Labute approximate surface area is 200 Å². The molecular weight excluding hydrogens is 470 g/mol. The molecular formula is C26H34BrNO4. The summed E-state index contributed by atoms with van der Waals surface area (Å²) in [7, 11) is 1.70. The molecule has 1 aliphatic heterocycles. The highest BCUT2D eigenvalue weighted by atomic mass is 79.9. The van der Waals surface area contributed by atoms with Gasteiger partial charge in [0.15, 0.2) is 0 Å². The third-order valence-electron chi connectivity index (χ3n) is 5.60. The minimum absolute atomic E-state index is 0.0262. The molecule has 1 aliphatic rings. The lowest BCUT2D eigenvalue weighted by atomic mass is 9.83. The molecule has 32 heavy (non-hydrogen) atoms. The molecule has 0 aliphatic carbocycles. The summed E-state index contributed by atoms with van der Waals surface area (Å²) in [6.07, 6.45) is 2.38. The summed E-state index contributed by atoms with van der Waals surface area (Å²) < 4.78 is 17.6. The topological polar surface area (TPSA) is 48.0 Å². The first kappa shape index (κ1) is 24.6. The fourth-order valence-corrected chi connectivity index (χ4v) is 4.30. The number of carbonyl (C=O) groups is 1. The number of rotatable bonds is 7. The van der Waals surface area contributed by atoms with Crippen LogP contribution in [0.1, 0.15) is 63.1 Å². The molecule has 1 heterocycles. The van der Waals surface area contributed by atoms with Gasteiger partial charge < -0.3 is 19.1 Å². The Bertz CT molecular complexity index is 861. The van der Waals surface area contributed by atoms with Gasteiger partial charge in [-0.3, -0.25) is 0 Å². The van der Waals surface area contributed by atoms with Crippen molar-refractivity contribution in [3.8, 4) is 5.75 Å². The molecule has 2 aromatic carbocycles. The highest BCUT2D eigenvalue weighted by Gasteiger charge is 2.35. The van der Waals surface area contributed by atoms with Crippen molar-refractivity contribution >= 4 is 22.0 Å². The standard InChI is InChI=1S/C26H34BrNO4/c1-26(2,3)32-25(29)28-15-14-21(18-24(28)20-6-10-22(27)11-7-20)19-8-12-23(13-9-19)31-17-5-16-30-4/h6-13,21,24H,5,14-18H2,1-4H3. The maximum atomic E-state index is 13.0. The van der Waals surface area contributed by atoms with E-state index in [1.165, 1.54) is 5.56 Å². The van der Waals surface area contributed by atoms with Crippen LogP contribution in [0.2, 0.25) is 0 Å². The zero-order valence-corrected chi connectivity index (χ0v) is 21.1. The quantitative estimate of drug-likeness (QED) is 0.393. The molecule has 2 atom stereocenters. The van der Waals surface area contributed by atoms with E-state index in [-0.39, 0.29) is 12.1 Å². The summed E-state index contributed by atoms with van der Waals surface area (Å²) in [6, 6.07) is 16.6. The molecule has 5 nitrogen and oxygen atoms in total. The summed E-state index contributed by atoms with van der Waals surface area (Å²) in [6.45, 7) is 7.73. The lowest BCUT2D eigenvalue weighted by Crippen LogP contribution is -2.43. The number of nitrogens with zero attached hydrogens (tertiary/aromatic N) is 1. The Hall–Kier alpha value is -2.05. The predicted molar refractivity (Wildman–Crippen MR) is 130 cm³/mol. The molecule has 0 N–H and O–H groups in total. The first-order valence-corrected chi connectivity index (χ1v) is 12.0. The van der Waals surface area contributed by atoms with Crippen LogP contribution in [-0.4, -0.2) is 43.5 Å². The number of likely N-dealkylation sites (tertiary alicyclic amines) is 1. The number of ether oxygens (including phenoxy) is 3. The summed E-state index contributed by atoms with van der Waals surface area (Å²) in [4.78, 5) is 14.9. The number of methoxy groups -OCH3 is 1. The summed E-state index contributed by atoms with van der Waals surface area (Å²) in [5.74, 6) is 1.24. The van der Waals surface area contributed by atoms with Crippen molar-refractivity contribution in [1.29, 1.82) is 0 Å². The van der Waals surface area contributed by atoms with Crippen molar-refractivity contribution in [2.75, 3.05) is 26.9 Å². The van der Waals surface area contributed by atoms with Crippen molar-refractivity contribution in [2.24, 2.45) is 0 Å². The van der Waals surface area contributed by atoms with Crippen LogP contribution in [0.25, 0.3) is 0 Å². The highest BCUT2D eigenvalue weighted by molar-refractivity contribution is 9.10. The third kappa shape index (κ3) is 6.97. The number of benzene rings is 2. The number of carbonyl (C=O) groups excluding carboxylic acids is 1. The van der Waals surface area contributed by atoms with Crippen molar-refractivity contribution in [1.82, 2.24) is 4.90 Å². The zero-order chi connectivity index (χ0) is 23.1. The Morgan fingerprint density at radius 2 is 1.69 bits per heavy atom. The minimum atomic E-state index is -0.517. The van der Waals surface area contributed by atoms with E-state index in [0.29, 0.717) is 25.7 Å². The SMILES string of the molecule is COCCCOc1ccc(C2CCN(C(=O)OC(C)(C)C)C(c3ccc(Br)cc3)C2)cc1. The second-order valence-corrected chi connectivity index (χ2v) is 10.1. The Kier molecular flexibility index (Phi) is 8.60. The van der Waals surface area contributed by atoms with Gasteiger partial charge in [-0.25, -0.2) is 4.79 Å². The van der Waals surface area contributed by atoms with Gasteiger partial charge in [0.2, 0.25) is 0 Å². The lowest BCUT2D eigenvalue weighted by molar-refractivity contribution is 0.00764. The molecule has 0 aromatic heterocycles. The van der Waals surface area contributed by atoms with E-state index in [2.05, 4.69) is 40.2 Å². The predicted octanol–water partition coefficient (Wildman–Crippen LogP) is 6.72. The molecule has 0 saturated carbocycles. The van der Waals surface area contributed by atoms with Crippen LogP contribution in [0.4, 0.5) is 4.79 Å². The maximum Gasteiger partial charge on any atom is 0.410 e. The zero-order valence-electron chi connectivity index (χ0n) is 19.5. The number of hydrogen-bond acceptors (Lipinski definition) is 4. The first-order chi connectivity index (χ1) is 15.3.